The molecule has 0 fully saturated rings. The fraction of sp³-hybridized carbons (Fsp3) is 0.324. The Kier molecular flexibility index (Phi) is 9.47. The number of carbonyl (C=O) groups excluding carboxylic acids is 3. The average Bonchev–Trinajstić information content (AvgIpc) is 3.41. The first-order valence-electron chi connectivity index (χ1n) is 15.1. The van der Waals surface area contributed by atoms with Gasteiger partial charge in [-0.25, -0.2) is 9.37 Å². The van der Waals surface area contributed by atoms with E-state index >= 15 is 0 Å². The van der Waals surface area contributed by atoms with Gasteiger partial charge in [0.2, 0.25) is 11.5 Å². The van der Waals surface area contributed by atoms with Crippen molar-refractivity contribution in [1.82, 2.24) is 20.6 Å². The molecule has 2 aromatic heterocycles. The summed E-state index contributed by atoms with van der Waals surface area (Å²) >= 11 is 0. The van der Waals surface area contributed by atoms with Crippen molar-refractivity contribution < 1.29 is 51.6 Å². The van der Waals surface area contributed by atoms with Crippen LogP contribution >= 0.6 is 0 Å². The molecule has 2 atom stereocenters. The Morgan fingerprint density at radius 3 is 2.38 bits per heavy atom. The first-order chi connectivity index (χ1) is 23.3. The number of alkyl halides is 3. The SMILES string of the molecule is CC(C)(O)CNC(=O)COc1cc(C(=O)NC[C@](O)(c2cc3c(c(-c4ccc(F)cc4)n2)OC[C@]3(C)C(N)=O)C(F)(F)F)cc2cccnc12. The second-order valence-electron chi connectivity index (χ2n) is 12.7. The third kappa shape index (κ3) is 7.16. The number of pyridine rings is 2. The summed E-state index contributed by atoms with van der Waals surface area (Å²) in [7, 11) is 0. The van der Waals surface area contributed by atoms with Crippen LogP contribution in [-0.4, -0.2) is 76.0 Å². The van der Waals surface area contributed by atoms with Crippen molar-refractivity contribution >= 4 is 28.6 Å². The van der Waals surface area contributed by atoms with Crippen molar-refractivity contribution in [2.24, 2.45) is 5.73 Å². The van der Waals surface area contributed by atoms with E-state index in [0.717, 1.165) is 18.2 Å². The molecule has 0 bridgehead atoms. The fourth-order valence-corrected chi connectivity index (χ4v) is 5.16. The molecule has 50 heavy (non-hydrogen) atoms. The molecule has 0 radical (unpaired) electrons. The highest BCUT2D eigenvalue weighted by atomic mass is 19.4. The molecular weight excluding hydrogens is 666 g/mol. The summed E-state index contributed by atoms with van der Waals surface area (Å²) in [6, 6.07) is 11.1. The number of nitrogens with one attached hydrogen (secondary N) is 2. The van der Waals surface area contributed by atoms with Gasteiger partial charge in [-0.15, -0.1) is 0 Å². The molecule has 0 unspecified atom stereocenters. The number of ether oxygens (including phenoxy) is 2. The first-order valence-corrected chi connectivity index (χ1v) is 15.1. The number of carbonyl (C=O) groups is 3. The molecule has 1 aliphatic rings. The van der Waals surface area contributed by atoms with E-state index < -0.39 is 65.2 Å². The van der Waals surface area contributed by atoms with Crippen molar-refractivity contribution in [1.29, 1.82) is 0 Å². The number of rotatable bonds is 11. The van der Waals surface area contributed by atoms with Crippen LogP contribution < -0.4 is 25.8 Å². The lowest BCUT2D eigenvalue weighted by atomic mass is 9.81. The molecule has 16 heteroatoms. The Morgan fingerprint density at radius 1 is 1.04 bits per heavy atom. The third-order valence-electron chi connectivity index (χ3n) is 8.14. The van der Waals surface area contributed by atoms with E-state index in [4.69, 9.17) is 15.2 Å². The van der Waals surface area contributed by atoms with Crippen molar-refractivity contribution in [2.75, 3.05) is 26.3 Å². The summed E-state index contributed by atoms with van der Waals surface area (Å²) in [5.74, 6) is -3.30. The van der Waals surface area contributed by atoms with Crippen LogP contribution in [0.3, 0.4) is 0 Å². The molecule has 0 spiro atoms. The van der Waals surface area contributed by atoms with Crippen molar-refractivity contribution in [3.63, 3.8) is 0 Å². The summed E-state index contributed by atoms with van der Waals surface area (Å²) in [6.45, 7) is 1.97. The van der Waals surface area contributed by atoms with E-state index in [-0.39, 0.29) is 52.6 Å². The first kappa shape index (κ1) is 35.9. The van der Waals surface area contributed by atoms with E-state index in [2.05, 4.69) is 20.6 Å². The van der Waals surface area contributed by atoms with Gasteiger partial charge < -0.3 is 36.1 Å². The van der Waals surface area contributed by atoms with Gasteiger partial charge in [0.05, 0.1) is 17.8 Å². The molecule has 4 aromatic rings. The van der Waals surface area contributed by atoms with Gasteiger partial charge in [-0.05, 0) is 69.3 Å². The number of aromatic nitrogens is 2. The number of primary amides is 1. The number of amides is 3. The Labute approximate surface area is 282 Å². The zero-order chi connectivity index (χ0) is 36.6. The van der Waals surface area contributed by atoms with Gasteiger partial charge in [0.15, 0.2) is 6.61 Å². The normalized spacial score (nSPS) is 17.0. The summed E-state index contributed by atoms with van der Waals surface area (Å²) in [5.41, 5.74) is -2.10. The van der Waals surface area contributed by atoms with E-state index in [0.29, 0.717) is 5.39 Å². The number of halogens is 4. The molecule has 264 valence electrons. The maximum atomic E-state index is 14.8. The van der Waals surface area contributed by atoms with E-state index in [9.17, 15) is 42.2 Å². The Hall–Kier alpha value is -5.35. The number of hydrogen-bond donors (Lipinski definition) is 5. The molecule has 0 saturated carbocycles. The zero-order valence-electron chi connectivity index (χ0n) is 27.0. The molecule has 12 nitrogen and oxygen atoms in total. The summed E-state index contributed by atoms with van der Waals surface area (Å²) in [4.78, 5) is 46.4. The van der Waals surface area contributed by atoms with Crippen molar-refractivity contribution in [2.45, 2.75) is 43.6 Å². The molecule has 5 rings (SSSR count). The molecule has 1 aliphatic heterocycles. The topological polar surface area (TPSA) is 186 Å². The number of nitrogens with zero attached hydrogens (tertiary/aromatic N) is 2. The predicted molar refractivity (Wildman–Crippen MR) is 171 cm³/mol. The number of fused-ring (bicyclic) bond motifs is 2. The summed E-state index contributed by atoms with van der Waals surface area (Å²) in [5, 5.41) is 26.1. The number of nitrogens with two attached hydrogens (primary N) is 1. The maximum absolute atomic E-state index is 14.8. The molecule has 3 amide bonds. The number of aliphatic hydroxyl groups is 2. The zero-order valence-corrected chi connectivity index (χ0v) is 27.0. The van der Waals surface area contributed by atoms with E-state index in [1.165, 1.54) is 51.2 Å². The second kappa shape index (κ2) is 13.2. The minimum atomic E-state index is -5.43. The largest absolute Gasteiger partial charge is 0.489 e. The third-order valence-corrected chi connectivity index (χ3v) is 8.14. The van der Waals surface area contributed by atoms with Gasteiger partial charge in [-0.3, -0.25) is 19.4 Å². The molecule has 2 aromatic carbocycles. The Morgan fingerprint density at radius 2 is 1.74 bits per heavy atom. The average molecular weight is 700 g/mol. The molecule has 3 heterocycles. The molecular formula is C34H33F4N5O7. The minimum Gasteiger partial charge on any atom is -0.489 e. The lowest BCUT2D eigenvalue weighted by Crippen LogP contribution is -2.51. The predicted octanol–water partition coefficient (Wildman–Crippen LogP) is 3.02. The van der Waals surface area contributed by atoms with Crippen LogP contribution in [0.15, 0.2) is 60.8 Å². The van der Waals surface area contributed by atoms with Crippen LogP contribution in [0.4, 0.5) is 17.6 Å². The van der Waals surface area contributed by atoms with E-state index in [1.807, 2.05) is 0 Å². The molecule has 0 saturated heterocycles. The van der Waals surface area contributed by atoms with Crippen LogP contribution in [0, 0.1) is 5.82 Å². The summed E-state index contributed by atoms with van der Waals surface area (Å²) < 4.78 is 69.5. The van der Waals surface area contributed by atoms with Crippen molar-refractivity contribution in [3.05, 3.63) is 83.4 Å². The fourth-order valence-electron chi connectivity index (χ4n) is 5.16. The highest BCUT2D eigenvalue weighted by Crippen LogP contribution is 2.47. The van der Waals surface area contributed by atoms with Gasteiger partial charge in [-0.1, -0.05) is 6.07 Å². The second-order valence-corrected chi connectivity index (χ2v) is 12.7. The van der Waals surface area contributed by atoms with Gasteiger partial charge >= 0.3 is 6.18 Å². The highest BCUT2D eigenvalue weighted by Gasteiger charge is 2.57. The van der Waals surface area contributed by atoms with Gasteiger partial charge in [0.1, 0.15) is 40.5 Å². The van der Waals surface area contributed by atoms with Crippen LogP contribution in [-0.2, 0) is 20.6 Å². The Balaban J connectivity index is 1.49. The lowest BCUT2D eigenvalue weighted by molar-refractivity contribution is -0.265. The molecule has 0 aliphatic carbocycles. The van der Waals surface area contributed by atoms with Crippen molar-refractivity contribution in [3.8, 4) is 22.8 Å². The lowest BCUT2D eigenvalue weighted by Gasteiger charge is -2.31. The van der Waals surface area contributed by atoms with E-state index in [1.54, 1.807) is 12.1 Å². The smallest absolute Gasteiger partial charge is 0.424 e. The van der Waals surface area contributed by atoms with Crippen LogP contribution in [0.5, 0.6) is 11.5 Å². The number of hydrogen-bond acceptors (Lipinski definition) is 9. The maximum Gasteiger partial charge on any atom is 0.424 e. The van der Waals surface area contributed by atoms with Crippen LogP contribution in [0.2, 0.25) is 0 Å². The highest BCUT2D eigenvalue weighted by molar-refractivity contribution is 6.00. The van der Waals surface area contributed by atoms with Crippen LogP contribution in [0.25, 0.3) is 22.2 Å². The van der Waals surface area contributed by atoms with Gasteiger partial charge in [-0.2, -0.15) is 13.2 Å². The van der Waals surface area contributed by atoms with Gasteiger partial charge in [0.25, 0.3) is 11.8 Å². The minimum absolute atomic E-state index is 0.0345. The Bertz CT molecular complexity index is 1970. The monoisotopic (exact) mass is 699 g/mol. The standard InChI is InChI=1S/C34H33F4N5O7/c1-31(2,47)15-41-25(44)14-49-23-12-20(11-19-5-4-10-40-26(19)23)29(45)42-16-33(48,34(36,37)38)24-13-22-28(50-17-32(22,3)30(39)46)27(43-24)18-6-8-21(35)9-7-18/h4-13,47-48H,14-17H2,1-3H3,(H2,39,46)(H,41,44)(H,42,45)/t32-,33-/m0/s1. The molecule has 6 N–H and O–H groups in total. The quantitative estimate of drug-likeness (QED) is 0.147. The van der Waals surface area contributed by atoms with Crippen LogP contribution in [0.1, 0.15) is 42.4 Å². The number of benzene rings is 2. The van der Waals surface area contributed by atoms with Gasteiger partial charge in [0, 0.05) is 34.8 Å². The summed E-state index contributed by atoms with van der Waals surface area (Å²) in [6.07, 6.45) is -3.99.